The Kier molecular flexibility index (Phi) is 5.01. The number of nitrogens with zero attached hydrogens (tertiary/aromatic N) is 2. The molecule has 0 unspecified atom stereocenters. The summed E-state index contributed by atoms with van der Waals surface area (Å²) in [6.45, 7) is 0. The molecule has 5 rings (SSSR count). The molecule has 0 amide bonds. The van der Waals surface area contributed by atoms with Gasteiger partial charge in [-0.25, -0.2) is 9.97 Å². The fraction of sp³-hybridized carbons (Fsp3) is 0.0833. The van der Waals surface area contributed by atoms with Crippen LogP contribution in [-0.4, -0.2) is 24.2 Å². The number of methoxy groups -OCH3 is 2. The van der Waals surface area contributed by atoms with Gasteiger partial charge in [0, 0.05) is 22.5 Å². The number of fused-ring (bicyclic) bond motifs is 2. The third-order valence-corrected chi connectivity index (χ3v) is 5.87. The predicted molar refractivity (Wildman–Crippen MR) is 124 cm³/mol. The standard InChI is InChI=1S/C24H19N3O3S/c1-28-21-12-17-19(13-22(21)29-2)25-14-26-24(17)27-18-8-9-20(23-16(18)10-11-31-23)30-15-6-4-3-5-7-15/h3-14H,1-2H3,(H,25,26,27). The highest BCUT2D eigenvalue weighted by Gasteiger charge is 2.14. The van der Waals surface area contributed by atoms with Crippen molar-refractivity contribution in [2.24, 2.45) is 0 Å². The molecule has 0 fully saturated rings. The fourth-order valence-electron chi connectivity index (χ4n) is 3.45. The van der Waals surface area contributed by atoms with Crippen LogP contribution < -0.4 is 19.5 Å². The molecule has 3 aromatic carbocycles. The van der Waals surface area contributed by atoms with Crippen molar-refractivity contribution in [3.05, 3.63) is 72.4 Å². The van der Waals surface area contributed by atoms with E-state index in [1.807, 2.05) is 54.6 Å². The van der Waals surface area contributed by atoms with E-state index in [1.165, 1.54) is 6.33 Å². The molecular weight excluding hydrogens is 410 g/mol. The van der Waals surface area contributed by atoms with Crippen molar-refractivity contribution in [3.8, 4) is 23.0 Å². The summed E-state index contributed by atoms with van der Waals surface area (Å²) in [6, 6.07) is 19.6. The molecule has 0 aliphatic carbocycles. The zero-order chi connectivity index (χ0) is 21.2. The van der Waals surface area contributed by atoms with E-state index in [2.05, 4.69) is 26.7 Å². The van der Waals surface area contributed by atoms with Gasteiger partial charge >= 0.3 is 0 Å². The summed E-state index contributed by atoms with van der Waals surface area (Å²) in [7, 11) is 3.22. The van der Waals surface area contributed by atoms with Crippen molar-refractivity contribution in [1.82, 2.24) is 9.97 Å². The van der Waals surface area contributed by atoms with Crippen molar-refractivity contribution in [3.63, 3.8) is 0 Å². The molecule has 6 nitrogen and oxygen atoms in total. The Morgan fingerprint density at radius 1 is 0.806 bits per heavy atom. The number of benzene rings is 3. The topological polar surface area (TPSA) is 65.5 Å². The number of thiophene rings is 1. The second-order valence-corrected chi connectivity index (χ2v) is 7.68. The average Bonchev–Trinajstić information content (AvgIpc) is 3.31. The monoisotopic (exact) mass is 429 g/mol. The number of anilines is 2. The van der Waals surface area contributed by atoms with Crippen LogP contribution in [0.1, 0.15) is 0 Å². The van der Waals surface area contributed by atoms with Crippen molar-refractivity contribution in [2.75, 3.05) is 19.5 Å². The summed E-state index contributed by atoms with van der Waals surface area (Å²) in [5.74, 6) is 3.57. The number of hydrogen-bond acceptors (Lipinski definition) is 7. The van der Waals surface area contributed by atoms with Gasteiger partial charge in [-0.3, -0.25) is 0 Å². The van der Waals surface area contributed by atoms with Gasteiger partial charge in [0.1, 0.15) is 23.6 Å². The van der Waals surface area contributed by atoms with Crippen molar-refractivity contribution in [2.45, 2.75) is 0 Å². The first-order valence-corrected chi connectivity index (χ1v) is 10.5. The second kappa shape index (κ2) is 8.12. The molecule has 0 aliphatic heterocycles. The van der Waals surface area contributed by atoms with Gasteiger partial charge in [0.2, 0.25) is 0 Å². The van der Waals surface area contributed by atoms with E-state index in [4.69, 9.17) is 14.2 Å². The van der Waals surface area contributed by atoms with Crippen LogP contribution in [0.3, 0.4) is 0 Å². The lowest BCUT2D eigenvalue weighted by atomic mass is 10.1. The molecule has 0 aliphatic rings. The third kappa shape index (κ3) is 3.60. The number of aromatic nitrogens is 2. The van der Waals surface area contributed by atoms with E-state index < -0.39 is 0 Å². The van der Waals surface area contributed by atoms with E-state index in [0.29, 0.717) is 17.3 Å². The molecule has 1 N–H and O–H groups in total. The summed E-state index contributed by atoms with van der Waals surface area (Å²) in [5, 5.41) is 7.42. The van der Waals surface area contributed by atoms with Crippen LogP contribution in [0.15, 0.2) is 72.4 Å². The smallest absolute Gasteiger partial charge is 0.162 e. The predicted octanol–water partition coefficient (Wildman–Crippen LogP) is 6.40. The van der Waals surface area contributed by atoms with Gasteiger partial charge in [0.25, 0.3) is 0 Å². The Morgan fingerprint density at radius 2 is 1.61 bits per heavy atom. The summed E-state index contributed by atoms with van der Waals surface area (Å²) in [6.07, 6.45) is 1.54. The highest BCUT2D eigenvalue weighted by Crippen LogP contribution is 2.40. The molecule has 2 aromatic heterocycles. The molecule has 0 atom stereocenters. The van der Waals surface area contributed by atoms with E-state index in [9.17, 15) is 0 Å². The molecule has 0 radical (unpaired) electrons. The Labute approximate surface area is 183 Å². The van der Waals surface area contributed by atoms with E-state index >= 15 is 0 Å². The molecule has 0 bridgehead atoms. The first kappa shape index (κ1) is 19.1. The van der Waals surface area contributed by atoms with Gasteiger partial charge in [-0.15, -0.1) is 11.3 Å². The summed E-state index contributed by atoms with van der Waals surface area (Å²) in [5.41, 5.74) is 1.70. The average molecular weight is 430 g/mol. The maximum atomic E-state index is 6.11. The van der Waals surface area contributed by atoms with Gasteiger partial charge in [0.15, 0.2) is 11.5 Å². The molecule has 0 saturated heterocycles. The quantitative estimate of drug-likeness (QED) is 0.337. The van der Waals surface area contributed by atoms with Crippen LogP contribution in [0.2, 0.25) is 0 Å². The minimum Gasteiger partial charge on any atom is -0.493 e. The zero-order valence-corrected chi connectivity index (χ0v) is 17.8. The Balaban J connectivity index is 1.55. The first-order chi connectivity index (χ1) is 15.3. The number of hydrogen-bond donors (Lipinski definition) is 1. The Bertz CT molecular complexity index is 1370. The first-order valence-electron chi connectivity index (χ1n) is 9.63. The van der Waals surface area contributed by atoms with Crippen molar-refractivity contribution < 1.29 is 14.2 Å². The molecular formula is C24H19N3O3S. The number of nitrogens with one attached hydrogen (secondary N) is 1. The summed E-state index contributed by atoms with van der Waals surface area (Å²) in [4.78, 5) is 8.84. The maximum absolute atomic E-state index is 6.11. The highest BCUT2D eigenvalue weighted by atomic mass is 32.1. The molecule has 2 heterocycles. The zero-order valence-electron chi connectivity index (χ0n) is 17.0. The fourth-order valence-corrected chi connectivity index (χ4v) is 4.32. The summed E-state index contributed by atoms with van der Waals surface area (Å²) >= 11 is 1.64. The normalized spacial score (nSPS) is 10.9. The van der Waals surface area contributed by atoms with Gasteiger partial charge < -0.3 is 19.5 Å². The van der Waals surface area contributed by atoms with E-state index in [-0.39, 0.29) is 0 Å². The molecule has 5 aromatic rings. The molecule has 0 spiro atoms. The molecule has 154 valence electrons. The van der Waals surface area contributed by atoms with Crippen LogP contribution in [0.5, 0.6) is 23.0 Å². The van der Waals surface area contributed by atoms with Crippen molar-refractivity contribution >= 4 is 43.8 Å². The van der Waals surface area contributed by atoms with E-state index in [1.54, 1.807) is 25.6 Å². The van der Waals surface area contributed by atoms with Crippen LogP contribution in [0, 0.1) is 0 Å². The van der Waals surface area contributed by atoms with Gasteiger partial charge in [0.05, 0.1) is 24.4 Å². The van der Waals surface area contributed by atoms with Crippen molar-refractivity contribution in [1.29, 1.82) is 0 Å². The molecule has 0 saturated carbocycles. The van der Waals surface area contributed by atoms with E-state index in [0.717, 1.165) is 38.2 Å². The lowest BCUT2D eigenvalue weighted by Gasteiger charge is -2.14. The Morgan fingerprint density at radius 3 is 2.42 bits per heavy atom. The maximum Gasteiger partial charge on any atom is 0.162 e. The lowest BCUT2D eigenvalue weighted by Crippen LogP contribution is -1.98. The highest BCUT2D eigenvalue weighted by molar-refractivity contribution is 7.17. The molecule has 7 heteroatoms. The van der Waals surface area contributed by atoms with Gasteiger partial charge in [-0.05, 0) is 41.8 Å². The van der Waals surface area contributed by atoms with Crippen LogP contribution in [0.4, 0.5) is 11.5 Å². The number of ether oxygens (including phenoxy) is 3. The van der Waals surface area contributed by atoms with Gasteiger partial charge in [-0.1, -0.05) is 18.2 Å². The minimum absolute atomic E-state index is 0.625. The molecule has 31 heavy (non-hydrogen) atoms. The van der Waals surface area contributed by atoms with Crippen LogP contribution in [-0.2, 0) is 0 Å². The minimum atomic E-state index is 0.625. The van der Waals surface area contributed by atoms with Crippen LogP contribution >= 0.6 is 11.3 Å². The largest absolute Gasteiger partial charge is 0.493 e. The number of rotatable bonds is 6. The lowest BCUT2D eigenvalue weighted by molar-refractivity contribution is 0.356. The van der Waals surface area contributed by atoms with Gasteiger partial charge in [-0.2, -0.15) is 0 Å². The Hall–Kier alpha value is -3.84. The second-order valence-electron chi connectivity index (χ2n) is 6.76. The third-order valence-electron chi connectivity index (χ3n) is 4.95. The number of para-hydroxylation sites is 1. The summed E-state index contributed by atoms with van der Waals surface area (Å²) < 4.78 is 18.0. The van der Waals surface area contributed by atoms with Crippen LogP contribution in [0.25, 0.3) is 21.0 Å². The SMILES string of the molecule is COc1cc2ncnc(Nc3ccc(Oc4ccccc4)c4sccc34)c2cc1OC.